The zero-order valence-electron chi connectivity index (χ0n) is 30.0. The molecule has 6 rings (SSSR count). The van der Waals surface area contributed by atoms with Gasteiger partial charge in [-0.2, -0.15) is 5.10 Å². The standard InChI is InChI=1S/C39H50N6O6/c1-4-45-32(18-26(2)43-45)37(48)44-16-7-10-35(46)41-25-39(22-27-11-12-27,38(49)42-31-20-29-8-5-6-9-30(29)21-31)23-28-13-14-33(50-3)34(19-28)51-24-36(47)40-15-17-44/h5-6,8-9,13-14,18-19,27,31H,4,7,10-12,15-17,20-25H2,1-3H3,(H,40,47)(H,41,46)(H,42,49). The first-order valence-corrected chi connectivity index (χ1v) is 18.2. The first kappa shape index (κ1) is 35.9. The van der Waals surface area contributed by atoms with Gasteiger partial charge in [0.05, 0.1) is 18.2 Å². The number of benzene rings is 2. The normalized spacial score (nSPS) is 20.6. The van der Waals surface area contributed by atoms with Crippen LogP contribution >= 0.6 is 0 Å². The van der Waals surface area contributed by atoms with Crippen LogP contribution in [-0.2, 0) is 40.2 Å². The van der Waals surface area contributed by atoms with Crippen molar-refractivity contribution in [2.75, 3.05) is 39.9 Å². The van der Waals surface area contributed by atoms with Crippen molar-refractivity contribution >= 4 is 23.6 Å². The maximum Gasteiger partial charge on any atom is 0.272 e. The van der Waals surface area contributed by atoms with E-state index in [2.05, 4.69) is 33.2 Å². The van der Waals surface area contributed by atoms with Gasteiger partial charge in [-0.05, 0) is 86.8 Å². The second kappa shape index (κ2) is 16.0. The number of carbonyl (C=O) groups is 4. The molecular formula is C39H50N6O6. The molecule has 272 valence electrons. The van der Waals surface area contributed by atoms with Crippen LogP contribution in [0.4, 0.5) is 0 Å². The van der Waals surface area contributed by atoms with Crippen LogP contribution < -0.4 is 25.4 Å². The average molecular weight is 699 g/mol. The Morgan fingerprint density at radius 2 is 1.80 bits per heavy atom. The summed E-state index contributed by atoms with van der Waals surface area (Å²) in [6.45, 7) is 4.99. The highest BCUT2D eigenvalue weighted by molar-refractivity contribution is 5.93. The van der Waals surface area contributed by atoms with Gasteiger partial charge in [0.25, 0.3) is 11.8 Å². The fourth-order valence-corrected chi connectivity index (χ4v) is 7.42. The van der Waals surface area contributed by atoms with Crippen molar-refractivity contribution in [1.82, 2.24) is 30.6 Å². The van der Waals surface area contributed by atoms with Crippen molar-refractivity contribution in [2.45, 2.75) is 77.8 Å². The van der Waals surface area contributed by atoms with Crippen LogP contribution in [0.5, 0.6) is 11.5 Å². The molecule has 12 heteroatoms. The Hall–Kier alpha value is -4.87. The number of hydrogen-bond donors (Lipinski definition) is 3. The summed E-state index contributed by atoms with van der Waals surface area (Å²) in [5, 5.41) is 13.8. The second-order valence-electron chi connectivity index (χ2n) is 14.2. The smallest absolute Gasteiger partial charge is 0.272 e. The van der Waals surface area contributed by atoms with Crippen LogP contribution in [0.2, 0.25) is 0 Å². The molecule has 2 heterocycles. The zero-order valence-corrected chi connectivity index (χ0v) is 30.0. The van der Waals surface area contributed by atoms with Gasteiger partial charge in [0, 0.05) is 45.2 Å². The van der Waals surface area contributed by atoms with Gasteiger partial charge in [0.1, 0.15) is 5.69 Å². The number of fused-ring (bicyclic) bond motifs is 3. The molecule has 3 aromatic rings. The third kappa shape index (κ3) is 8.90. The van der Waals surface area contributed by atoms with Gasteiger partial charge in [0.2, 0.25) is 11.8 Å². The van der Waals surface area contributed by atoms with E-state index in [1.54, 1.807) is 21.7 Å². The van der Waals surface area contributed by atoms with Crippen LogP contribution in [0, 0.1) is 18.3 Å². The second-order valence-corrected chi connectivity index (χ2v) is 14.2. The Labute approximate surface area is 299 Å². The molecular weight excluding hydrogens is 648 g/mol. The largest absolute Gasteiger partial charge is 0.493 e. The summed E-state index contributed by atoms with van der Waals surface area (Å²) in [6, 6.07) is 15.6. The lowest BCUT2D eigenvalue weighted by atomic mass is 9.75. The topological polar surface area (TPSA) is 144 Å². The van der Waals surface area contributed by atoms with Crippen molar-refractivity contribution in [3.63, 3.8) is 0 Å². The first-order chi connectivity index (χ1) is 24.7. The molecule has 1 saturated carbocycles. The van der Waals surface area contributed by atoms with Gasteiger partial charge in [-0.3, -0.25) is 23.9 Å². The van der Waals surface area contributed by atoms with E-state index in [9.17, 15) is 19.2 Å². The van der Waals surface area contributed by atoms with Gasteiger partial charge in [-0.1, -0.05) is 43.2 Å². The van der Waals surface area contributed by atoms with Gasteiger partial charge in [0.15, 0.2) is 18.1 Å². The zero-order chi connectivity index (χ0) is 36.0. The van der Waals surface area contributed by atoms with Gasteiger partial charge in [-0.15, -0.1) is 0 Å². The average Bonchev–Trinajstić information content (AvgIpc) is 3.71. The van der Waals surface area contributed by atoms with Crippen LogP contribution in [0.3, 0.4) is 0 Å². The maximum absolute atomic E-state index is 14.6. The highest BCUT2D eigenvalue weighted by atomic mass is 16.5. The van der Waals surface area contributed by atoms with Crippen molar-refractivity contribution in [3.05, 3.63) is 76.6 Å². The highest BCUT2D eigenvalue weighted by Crippen LogP contribution is 2.43. The van der Waals surface area contributed by atoms with E-state index in [4.69, 9.17) is 9.47 Å². The molecule has 3 aliphatic rings. The summed E-state index contributed by atoms with van der Waals surface area (Å²) in [5.41, 5.74) is 3.63. The van der Waals surface area contributed by atoms with Crippen LogP contribution in [0.1, 0.15) is 71.9 Å². The summed E-state index contributed by atoms with van der Waals surface area (Å²) in [5.74, 6) is 0.449. The molecule has 51 heavy (non-hydrogen) atoms. The number of carbonyl (C=O) groups excluding carboxylic acids is 4. The van der Waals surface area contributed by atoms with Crippen LogP contribution in [0.25, 0.3) is 0 Å². The molecule has 0 radical (unpaired) electrons. The first-order valence-electron chi connectivity index (χ1n) is 18.2. The highest BCUT2D eigenvalue weighted by Gasteiger charge is 2.44. The number of methoxy groups -OCH3 is 1. The lowest BCUT2D eigenvalue weighted by Crippen LogP contribution is -2.53. The molecule has 12 nitrogen and oxygen atoms in total. The minimum absolute atomic E-state index is 0.0284. The third-order valence-electron chi connectivity index (χ3n) is 10.2. The molecule has 1 atom stereocenters. The molecule has 4 amide bonds. The molecule has 0 saturated heterocycles. The quantitative estimate of drug-likeness (QED) is 0.343. The Morgan fingerprint density at radius 1 is 1.04 bits per heavy atom. The number of nitrogens with one attached hydrogen (secondary N) is 3. The van der Waals surface area contributed by atoms with E-state index in [1.807, 2.05) is 38.1 Å². The molecule has 2 aliphatic carbocycles. The number of amides is 4. The summed E-state index contributed by atoms with van der Waals surface area (Å²) < 4.78 is 13.2. The van der Waals surface area contributed by atoms with E-state index in [1.165, 1.54) is 18.2 Å². The summed E-state index contributed by atoms with van der Waals surface area (Å²) in [6.07, 6.45) is 5.23. The minimum Gasteiger partial charge on any atom is -0.493 e. The summed E-state index contributed by atoms with van der Waals surface area (Å²) in [4.78, 5) is 56.3. The molecule has 2 aromatic carbocycles. The third-order valence-corrected chi connectivity index (χ3v) is 10.2. The maximum atomic E-state index is 14.6. The predicted octanol–water partition coefficient (Wildman–Crippen LogP) is 3.38. The number of ether oxygens (including phenoxy) is 2. The monoisotopic (exact) mass is 698 g/mol. The fraction of sp³-hybridized carbons (Fsp3) is 0.513. The van der Waals surface area contributed by atoms with E-state index in [0.29, 0.717) is 55.5 Å². The molecule has 1 fully saturated rings. The van der Waals surface area contributed by atoms with E-state index in [0.717, 1.165) is 36.9 Å². The van der Waals surface area contributed by atoms with Gasteiger partial charge >= 0.3 is 0 Å². The minimum atomic E-state index is -0.918. The molecule has 3 N–H and O–H groups in total. The Morgan fingerprint density at radius 3 is 2.51 bits per heavy atom. The number of nitrogens with zero attached hydrogens (tertiary/aromatic N) is 3. The lowest BCUT2D eigenvalue weighted by Gasteiger charge is -2.34. The lowest BCUT2D eigenvalue weighted by molar-refractivity contribution is -0.133. The van der Waals surface area contributed by atoms with Crippen molar-refractivity contribution in [3.8, 4) is 11.5 Å². The van der Waals surface area contributed by atoms with Crippen molar-refractivity contribution in [2.24, 2.45) is 11.3 Å². The van der Waals surface area contributed by atoms with Gasteiger partial charge < -0.3 is 30.3 Å². The van der Waals surface area contributed by atoms with E-state index < -0.39 is 5.41 Å². The van der Waals surface area contributed by atoms with Gasteiger partial charge in [-0.25, -0.2) is 0 Å². The predicted molar refractivity (Wildman–Crippen MR) is 192 cm³/mol. The molecule has 1 unspecified atom stereocenters. The molecule has 2 bridgehead atoms. The summed E-state index contributed by atoms with van der Waals surface area (Å²) >= 11 is 0. The van der Waals surface area contributed by atoms with Crippen LogP contribution in [0.15, 0.2) is 48.5 Å². The molecule has 0 spiro atoms. The number of aryl methyl sites for hydroxylation is 2. The Bertz CT molecular complexity index is 1730. The number of hydrogen-bond acceptors (Lipinski definition) is 7. The Balaban J connectivity index is 1.26. The van der Waals surface area contributed by atoms with Crippen molar-refractivity contribution in [1.29, 1.82) is 0 Å². The van der Waals surface area contributed by atoms with E-state index >= 15 is 0 Å². The van der Waals surface area contributed by atoms with Crippen LogP contribution in [-0.4, -0.2) is 84.2 Å². The number of rotatable bonds is 7. The Kier molecular flexibility index (Phi) is 11.3. The molecule has 1 aromatic heterocycles. The SMILES string of the molecule is CCn1nc(C)cc1C(=O)N1CCCC(=O)NCC(CC2CC2)(C(=O)NC2Cc3ccccc3C2)Cc2ccc(OC)c(c2)OCC(=O)NCC1. The number of aromatic nitrogens is 2. The molecule has 1 aliphatic heterocycles. The summed E-state index contributed by atoms with van der Waals surface area (Å²) in [7, 11) is 1.54. The van der Waals surface area contributed by atoms with Crippen molar-refractivity contribution < 1.29 is 28.7 Å². The van der Waals surface area contributed by atoms with E-state index in [-0.39, 0.29) is 62.3 Å². The fourth-order valence-electron chi connectivity index (χ4n) is 7.42.